The third kappa shape index (κ3) is 4.85. The highest BCUT2D eigenvalue weighted by Crippen LogP contribution is 2.21. The second kappa shape index (κ2) is 8.36. The van der Waals surface area contributed by atoms with E-state index in [0.29, 0.717) is 11.6 Å². The van der Waals surface area contributed by atoms with Crippen molar-refractivity contribution in [1.29, 1.82) is 0 Å². The van der Waals surface area contributed by atoms with Crippen molar-refractivity contribution in [2.24, 2.45) is 0 Å². The van der Waals surface area contributed by atoms with Gasteiger partial charge in [-0.05, 0) is 28.8 Å². The van der Waals surface area contributed by atoms with Crippen LogP contribution in [0.2, 0.25) is 5.02 Å². The number of hydrogen-bond donors (Lipinski definition) is 2. The molecule has 3 aromatic rings. The van der Waals surface area contributed by atoms with Gasteiger partial charge in [-0.25, -0.2) is 4.79 Å². The van der Waals surface area contributed by atoms with Crippen molar-refractivity contribution in [1.82, 2.24) is 10.6 Å². The molecule has 0 heterocycles. The van der Waals surface area contributed by atoms with Crippen molar-refractivity contribution in [3.05, 3.63) is 107 Å². The van der Waals surface area contributed by atoms with Crippen molar-refractivity contribution >= 4 is 17.6 Å². The van der Waals surface area contributed by atoms with Gasteiger partial charge in [-0.3, -0.25) is 0 Å². The number of hydrogen-bond acceptors (Lipinski definition) is 1. The van der Waals surface area contributed by atoms with Gasteiger partial charge in [0.2, 0.25) is 0 Å². The number of carbonyl (C=O) groups excluding carboxylic acids is 1. The van der Waals surface area contributed by atoms with Crippen LogP contribution < -0.4 is 10.6 Å². The van der Waals surface area contributed by atoms with Gasteiger partial charge in [0.25, 0.3) is 0 Å². The maximum absolute atomic E-state index is 12.4. The highest BCUT2D eigenvalue weighted by Gasteiger charge is 2.16. The van der Waals surface area contributed by atoms with Crippen LogP contribution in [-0.4, -0.2) is 6.03 Å². The van der Waals surface area contributed by atoms with Crippen molar-refractivity contribution in [3.8, 4) is 0 Å². The van der Waals surface area contributed by atoms with Crippen LogP contribution in [0.1, 0.15) is 22.7 Å². The minimum atomic E-state index is -0.215. The van der Waals surface area contributed by atoms with Gasteiger partial charge >= 0.3 is 6.03 Å². The highest BCUT2D eigenvalue weighted by molar-refractivity contribution is 6.30. The lowest BCUT2D eigenvalue weighted by molar-refractivity contribution is 0.238. The summed E-state index contributed by atoms with van der Waals surface area (Å²) in [7, 11) is 0. The number of amides is 2. The van der Waals surface area contributed by atoms with Crippen LogP contribution >= 0.6 is 11.6 Å². The van der Waals surface area contributed by atoms with E-state index in [0.717, 1.165) is 16.7 Å². The molecule has 0 aliphatic heterocycles. The predicted octanol–water partition coefficient (Wildman–Crippen LogP) is 4.93. The van der Waals surface area contributed by atoms with E-state index >= 15 is 0 Å². The fourth-order valence-electron chi connectivity index (χ4n) is 2.62. The molecule has 0 saturated carbocycles. The third-order valence-corrected chi connectivity index (χ3v) is 4.16. The summed E-state index contributed by atoms with van der Waals surface area (Å²) in [5.41, 5.74) is 3.07. The average Bonchev–Trinajstić information content (AvgIpc) is 2.67. The molecule has 0 spiro atoms. The van der Waals surface area contributed by atoms with E-state index in [4.69, 9.17) is 11.6 Å². The fourth-order valence-corrected chi connectivity index (χ4v) is 2.74. The first-order valence-corrected chi connectivity index (χ1v) is 8.49. The van der Waals surface area contributed by atoms with Crippen LogP contribution in [0, 0.1) is 0 Å². The first-order valence-electron chi connectivity index (χ1n) is 8.11. The lowest BCUT2D eigenvalue weighted by Crippen LogP contribution is -2.38. The fraction of sp³-hybridized carbons (Fsp3) is 0.0952. The monoisotopic (exact) mass is 350 g/mol. The Morgan fingerprint density at radius 2 is 1.32 bits per heavy atom. The van der Waals surface area contributed by atoms with Crippen LogP contribution in [0.25, 0.3) is 0 Å². The molecule has 0 aliphatic carbocycles. The Morgan fingerprint density at radius 1 is 0.800 bits per heavy atom. The van der Waals surface area contributed by atoms with E-state index in [-0.39, 0.29) is 12.1 Å². The van der Waals surface area contributed by atoms with Crippen molar-refractivity contribution < 1.29 is 4.79 Å². The average molecular weight is 351 g/mol. The quantitative estimate of drug-likeness (QED) is 0.673. The van der Waals surface area contributed by atoms with Crippen LogP contribution in [0.4, 0.5) is 4.79 Å². The summed E-state index contributed by atoms with van der Waals surface area (Å²) in [5.74, 6) is 0. The minimum Gasteiger partial charge on any atom is -0.334 e. The van der Waals surface area contributed by atoms with Gasteiger partial charge in [-0.2, -0.15) is 0 Å². The zero-order chi connectivity index (χ0) is 17.5. The summed E-state index contributed by atoms with van der Waals surface area (Å²) < 4.78 is 0. The van der Waals surface area contributed by atoms with Gasteiger partial charge in [-0.1, -0.05) is 84.4 Å². The zero-order valence-corrected chi connectivity index (χ0v) is 14.4. The maximum atomic E-state index is 12.4. The summed E-state index contributed by atoms with van der Waals surface area (Å²) in [6.07, 6.45) is 0. The third-order valence-electron chi connectivity index (χ3n) is 3.91. The zero-order valence-electron chi connectivity index (χ0n) is 13.7. The summed E-state index contributed by atoms with van der Waals surface area (Å²) in [5, 5.41) is 6.63. The van der Waals surface area contributed by atoms with Crippen LogP contribution in [0.15, 0.2) is 84.9 Å². The normalized spacial score (nSPS) is 10.5. The summed E-state index contributed by atoms with van der Waals surface area (Å²) in [4.78, 5) is 12.4. The Morgan fingerprint density at radius 3 is 1.84 bits per heavy atom. The van der Waals surface area contributed by atoms with Gasteiger partial charge in [0.05, 0.1) is 6.04 Å². The Kier molecular flexibility index (Phi) is 5.70. The minimum absolute atomic E-state index is 0.201. The molecule has 2 N–H and O–H groups in total. The molecule has 0 aliphatic rings. The highest BCUT2D eigenvalue weighted by atomic mass is 35.5. The van der Waals surface area contributed by atoms with E-state index in [1.165, 1.54) is 0 Å². The molecule has 0 saturated heterocycles. The van der Waals surface area contributed by atoms with Crippen molar-refractivity contribution in [3.63, 3.8) is 0 Å². The summed E-state index contributed by atoms with van der Waals surface area (Å²) >= 11 is 5.88. The Labute approximate surface area is 152 Å². The smallest absolute Gasteiger partial charge is 0.315 e. The molecule has 0 bridgehead atoms. The largest absolute Gasteiger partial charge is 0.334 e. The van der Waals surface area contributed by atoms with E-state index in [1.807, 2.05) is 84.9 Å². The molecule has 126 valence electrons. The van der Waals surface area contributed by atoms with E-state index in [9.17, 15) is 4.79 Å². The first kappa shape index (κ1) is 17.1. The molecule has 25 heavy (non-hydrogen) atoms. The molecular formula is C21H19ClN2O. The number of carbonyl (C=O) groups is 1. The topological polar surface area (TPSA) is 41.1 Å². The second-order valence-electron chi connectivity index (χ2n) is 5.71. The van der Waals surface area contributed by atoms with Gasteiger partial charge in [0, 0.05) is 11.6 Å². The SMILES string of the molecule is O=C(NCc1ccc(Cl)cc1)NC(c1ccccc1)c1ccccc1. The molecule has 3 aromatic carbocycles. The Balaban J connectivity index is 1.69. The molecule has 0 radical (unpaired) electrons. The summed E-state index contributed by atoms with van der Waals surface area (Å²) in [6, 6.07) is 26.9. The molecule has 2 amide bonds. The summed E-state index contributed by atoms with van der Waals surface area (Å²) in [6.45, 7) is 0.444. The molecule has 3 rings (SSSR count). The first-order chi connectivity index (χ1) is 12.2. The number of nitrogens with one attached hydrogen (secondary N) is 2. The molecule has 0 aromatic heterocycles. The van der Waals surface area contributed by atoms with E-state index in [1.54, 1.807) is 0 Å². The second-order valence-corrected chi connectivity index (χ2v) is 6.14. The van der Waals surface area contributed by atoms with Crippen molar-refractivity contribution in [2.75, 3.05) is 0 Å². The number of rotatable bonds is 5. The maximum Gasteiger partial charge on any atom is 0.315 e. The lowest BCUT2D eigenvalue weighted by atomic mass is 9.99. The molecule has 0 fully saturated rings. The van der Waals surface area contributed by atoms with Gasteiger partial charge in [-0.15, -0.1) is 0 Å². The lowest BCUT2D eigenvalue weighted by Gasteiger charge is -2.20. The van der Waals surface area contributed by atoms with Crippen molar-refractivity contribution in [2.45, 2.75) is 12.6 Å². The number of halogens is 1. The van der Waals surface area contributed by atoms with Crippen LogP contribution in [0.5, 0.6) is 0 Å². The van der Waals surface area contributed by atoms with Gasteiger partial charge in [0.1, 0.15) is 0 Å². The Hall–Kier alpha value is -2.78. The molecular weight excluding hydrogens is 332 g/mol. The molecule has 0 atom stereocenters. The van der Waals surface area contributed by atoms with E-state index < -0.39 is 0 Å². The Bertz CT molecular complexity index is 765. The molecule has 4 heteroatoms. The molecule has 3 nitrogen and oxygen atoms in total. The van der Waals surface area contributed by atoms with Gasteiger partial charge < -0.3 is 10.6 Å². The number of benzene rings is 3. The number of urea groups is 1. The standard InChI is InChI=1S/C21H19ClN2O/c22-19-13-11-16(12-14-19)15-23-21(25)24-20(17-7-3-1-4-8-17)18-9-5-2-6-10-18/h1-14,20H,15H2,(H2,23,24,25). The predicted molar refractivity (Wildman–Crippen MR) is 102 cm³/mol. The van der Waals surface area contributed by atoms with Crippen LogP contribution in [-0.2, 0) is 6.54 Å². The van der Waals surface area contributed by atoms with E-state index in [2.05, 4.69) is 10.6 Å². The van der Waals surface area contributed by atoms with Crippen LogP contribution in [0.3, 0.4) is 0 Å². The van der Waals surface area contributed by atoms with Gasteiger partial charge in [0.15, 0.2) is 0 Å². The molecule has 0 unspecified atom stereocenters.